The minimum Gasteiger partial charge on any atom is -0.357 e. The number of nitrogens with two attached hydrogens (primary N) is 1. The molecule has 2 heterocycles. The average Bonchev–Trinajstić information content (AvgIpc) is 2.90. The Hall–Kier alpha value is -0.580. The Morgan fingerprint density at radius 3 is 2.63 bits per heavy atom. The van der Waals surface area contributed by atoms with E-state index in [0.29, 0.717) is 12.0 Å². The Labute approximate surface area is 121 Å². The van der Waals surface area contributed by atoms with Crippen LogP contribution in [-0.2, 0) is 4.74 Å². The third-order valence-electron chi connectivity index (χ3n) is 4.32. The Kier molecular flexibility index (Phi) is 5.25. The van der Waals surface area contributed by atoms with Gasteiger partial charge in [-0.3, -0.25) is 0 Å². The molecule has 1 unspecified atom stereocenters. The van der Waals surface area contributed by atoms with Crippen LogP contribution in [0.2, 0.25) is 0 Å². The van der Waals surface area contributed by atoms with Gasteiger partial charge >= 0.3 is 0 Å². The summed E-state index contributed by atoms with van der Waals surface area (Å²) in [4.78, 5) is 0. The summed E-state index contributed by atoms with van der Waals surface area (Å²) in [7, 11) is 0. The highest BCUT2D eigenvalue weighted by atomic mass is 35.5. The van der Waals surface area contributed by atoms with Crippen LogP contribution in [0.4, 0.5) is 0 Å². The van der Waals surface area contributed by atoms with Gasteiger partial charge in [0.2, 0.25) is 0 Å². The zero-order valence-corrected chi connectivity index (χ0v) is 12.1. The number of hydrogen-bond donors (Lipinski definition) is 1. The number of rotatable bonds is 2. The van der Waals surface area contributed by atoms with Crippen LogP contribution in [0.1, 0.15) is 62.7 Å². The number of aromatic nitrogens is 2. The largest absolute Gasteiger partial charge is 0.357 e. The summed E-state index contributed by atoms with van der Waals surface area (Å²) in [6.45, 7) is 0.873. The second kappa shape index (κ2) is 6.73. The van der Waals surface area contributed by atoms with Gasteiger partial charge in [-0.1, -0.05) is 0 Å². The molecule has 19 heavy (non-hydrogen) atoms. The van der Waals surface area contributed by atoms with Crippen LogP contribution in [-0.4, -0.2) is 22.4 Å². The summed E-state index contributed by atoms with van der Waals surface area (Å²) in [5, 5.41) is 4.49. The van der Waals surface area contributed by atoms with Crippen molar-refractivity contribution in [1.82, 2.24) is 9.78 Å². The highest BCUT2D eigenvalue weighted by molar-refractivity contribution is 5.85. The lowest BCUT2D eigenvalue weighted by Crippen LogP contribution is -2.25. The predicted octanol–water partition coefficient (Wildman–Crippen LogP) is 2.99. The first-order valence-corrected chi connectivity index (χ1v) is 7.24. The highest BCUT2D eigenvalue weighted by Crippen LogP contribution is 2.33. The Morgan fingerprint density at radius 2 is 1.95 bits per heavy atom. The molecule has 0 bridgehead atoms. The standard InChI is InChI=1S/C14H23N3O.ClH/c15-13-6-4-11(5-7-13)12-9-16-17(10-12)14-3-1-2-8-18-14;/h9-11,13-14H,1-8,15H2;1H. The second-order valence-corrected chi connectivity index (χ2v) is 5.69. The fourth-order valence-corrected chi connectivity index (χ4v) is 3.11. The molecule has 0 aromatic carbocycles. The maximum atomic E-state index is 5.96. The van der Waals surface area contributed by atoms with Crippen molar-refractivity contribution >= 4 is 12.4 Å². The van der Waals surface area contributed by atoms with Gasteiger partial charge in [-0.15, -0.1) is 12.4 Å². The second-order valence-electron chi connectivity index (χ2n) is 5.69. The van der Waals surface area contributed by atoms with Gasteiger partial charge in [0.15, 0.2) is 0 Å². The average molecular weight is 286 g/mol. The summed E-state index contributed by atoms with van der Waals surface area (Å²) in [5.74, 6) is 0.655. The monoisotopic (exact) mass is 285 g/mol. The van der Waals surface area contributed by atoms with E-state index in [2.05, 4.69) is 11.3 Å². The fraction of sp³-hybridized carbons (Fsp3) is 0.786. The maximum absolute atomic E-state index is 5.96. The predicted molar refractivity (Wildman–Crippen MR) is 77.5 cm³/mol. The molecule has 2 aliphatic rings. The molecule has 1 atom stereocenters. The van der Waals surface area contributed by atoms with Gasteiger partial charge in [0.25, 0.3) is 0 Å². The lowest BCUT2D eigenvalue weighted by Gasteiger charge is -2.25. The molecule has 4 nitrogen and oxygen atoms in total. The first-order chi connectivity index (χ1) is 8.83. The molecular weight excluding hydrogens is 262 g/mol. The van der Waals surface area contributed by atoms with Crippen molar-refractivity contribution in [3.63, 3.8) is 0 Å². The molecule has 1 saturated carbocycles. The molecule has 0 spiro atoms. The van der Waals surface area contributed by atoms with E-state index in [1.54, 1.807) is 0 Å². The normalized spacial score (nSPS) is 31.7. The van der Waals surface area contributed by atoms with E-state index >= 15 is 0 Å². The molecule has 2 fully saturated rings. The van der Waals surface area contributed by atoms with Crippen molar-refractivity contribution in [2.45, 2.75) is 63.1 Å². The molecule has 1 aliphatic carbocycles. The SMILES string of the molecule is Cl.NC1CCC(c2cnn(C3CCCCO3)c2)CC1. The molecule has 1 aromatic heterocycles. The van der Waals surface area contributed by atoms with E-state index in [4.69, 9.17) is 10.5 Å². The van der Waals surface area contributed by atoms with Crippen LogP contribution in [0.3, 0.4) is 0 Å². The van der Waals surface area contributed by atoms with Crippen LogP contribution in [0, 0.1) is 0 Å². The molecule has 0 amide bonds. The fourth-order valence-electron chi connectivity index (χ4n) is 3.11. The van der Waals surface area contributed by atoms with Crippen molar-refractivity contribution in [1.29, 1.82) is 0 Å². The number of nitrogens with zero attached hydrogens (tertiary/aromatic N) is 2. The van der Waals surface area contributed by atoms with Gasteiger partial charge in [0.1, 0.15) is 6.23 Å². The molecular formula is C14H24ClN3O. The van der Waals surface area contributed by atoms with E-state index < -0.39 is 0 Å². The number of halogens is 1. The summed E-state index contributed by atoms with van der Waals surface area (Å²) < 4.78 is 7.78. The third-order valence-corrected chi connectivity index (χ3v) is 4.32. The topological polar surface area (TPSA) is 53.1 Å². The van der Waals surface area contributed by atoms with Gasteiger partial charge < -0.3 is 10.5 Å². The van der Waals surface area contributed by atoms with Crippen molar-refractivity contribution < 1.29 is 4.74 Å². The molecule has 3 rings (SSSR count). The molecule has 1 saturated heterocycles. The highest BCUT2D eigenvalue weighted by Gasteiger charge is 2.23. The zero-order valence-electron chi connectivity index (χ0n) is 11.3. The summed E-state index contributed by atoms with van der Waals surface area (Å²) in [6, 6.07) is 0.415. The number of ether oxygens (including phenoxy) is 1. The van der Waals surface area contributed by atoms with E-state index in [9.17, 15) is 0 Å². The van der Waals surface area contributed by atoms with Crippen molar-refractivity contribution in [2.24, 2.45) is 5.73 Å². The van der Waals surface area contributed by atoms with E-state index in [0.717, 1.165) is 25.9 Å². The van der Waals surface area contributed by atoms with Gasteiger partial charge in [-0.2, -0.15) is 5.10 Å². The third kappa shape index (κ3) is 3.50. The van der Waals surface area contributed by atoms with Crippen LogP contribution in [0.15, 0.2) is 12.4 Å². The van der Waals surface area contributed by atoms with E-state index in [1.807, 2.05) is 10.9 Å². The summed E-state index contributed by atoms with van der Waals surface area (Å²) in [5.41, 5.74) is 7.33. The van der Waals surface area contributed by atoms with Gasteiger partial charge in [-0.25, -0.2) is 4.68 Å². The van der Waals surface area contributed by atoms with Gasteiger partial charge in [0, 0.05) is 18.8 Å². The van der Waals surface area contributed by atoms with Crippen LogP contribution >= 0.6 is 12.4 Å². The lowest BCUT2D eigenvalue weighted by molar-refractivity contribution is -0.0395. The number of hydrogen-bond acceptors (Lipinski definition) is 3. The molecule has 2 N–H and O–H groups in total. The van der Waals surface area contributed by atoms with Gasteiger partial charge in [-0.05, 0) is 56.4 Å². The smallest absolute Gasteiger partial charge is 0.150 e. The molecule has 1 aliphatic heterocycles. The van der Waals surface area contributed by atoms with Crippen molar-refractivity contribution in [2.75, 3.05) is 6.61 Å². The Bertz CT molecular complexity index is 382. The molecule has 5 heteroatoms. The Balaban J connectivity index is 0.00000133. The maximum Gasteiger partial charge on any atom is 0.150 e. The van der Waals surface area contributed by atoms with Crippen LogP contribution in [0.25, 0.3) is 0 Å². The minimum absolute atomic E-state index is 0. The molecule has 0 radical (unpaired) electrons. The molecule has 108 valence electrons. The van der Waals surface area contributed by atoms with Crippen LogP contribution < -0.4 is 5.73 Å². The minimum atomic E-state index is 0. The lowest BCUT2D eigenvalue weighted by atomic mass is 9.83. The molecule has 1 aromatic rings. The van der Waals surface area contributed by atoms with Crippen molar-refractivity contribution in [3.8, 4) is 0 Å². The van der Waals surface area contributed by atoms with Gasteiger partial charge in [0.05, 0.1) is 6.20 Å². The first kappa shape index (κ1) is 14.8. The first-order valence-electron chi connectivity index (χ1n) is 7.24. The van der Waals surface area contributed by atoms with E-state index in [1.165, 1.54) is 31.2 Å². The quantitative estimate of drug-likeness (QED) is 0.909. The van der Waals surface area contributed by atoms with Crippen LogP contribution in [0.5, 0.6) is 0 Å². The zero-order chi connectivity index (χ0) is 12.4. The summed E-state index contributed by atoms with van der Waals surface area (Å²) >= 11 is 0. The Morgan fingerprint density at radius 1 is 1.16 bits per heavy atom. The van der Waals surface area contributed by atoms with E-state index in [-0.39, 0.29) is 18.6 Å². The van der Waals surface area contributed by atoms with Crippen molar-refractivity contribution in [3.05, 3.63) is 18.0 Å². The summed E-state index contributed by atoms with van der Waals surface area (Å²) in [6.07, 6.45) is 12.6.